The van der Waals surface area contributed by atoms with Crippen molar-refractivity contribution in [1.82, 2.24) is 24.8 Å². The molecular weight excluding hydrogens is 290 g/mol. The van der Waals surface area contributed by atoms with Crippen molar-refractivity contribution in [3.8, 4) is 0 Å². The Bertz CT molecular complexity index is 684. The number of H-pyrrole nitrogens is 1. The van der Waals surface area contributed by atoms with E-state index in [4.69, 9.17) is 0 Å². The zero-order chi connectivity index (χ0) is 15.9. The molecule has 4 rings (SSSR count). The summed E-state index contributed by atoms with van der Waals surface area (Å²) in [5, 5.41) is 3.43. The maximum Gasteiger partial charge on any atom is 0.256 e. The molecular formula is C17H23N5O. The van der Waals surface area contributed by atoms with Crippen molar-refractivity contribution in [3.05, 3.63) is 42.2 Å². The molecule has 2 aromatic heterocycles. The van der Waals surface area contributed by atoms with Crippen LogP contribution in [-0.4, -0.2) is 44.5 Å². The summed E-state index contributed by atoms with van der Waals surface area (Å²) in [5.74, 6) is 1.04. The summed E-state index contributed by atoms with van der Waals surface area (Å²) in [7, 11) is 1.98. The Labute approximate surface area is 135 Å². The zero-order valence-electron chi connectivity index (χ0n) is 13.5. The first kappa shape index (κ1) is 14.5. The third-order valence-electron chi connectivity index (χ3n) is 5.46. The number of imidazole rings is 1. The molecule has 1 unspecified atom stereocenters. The number of aromatic amines is 1. The molecule has 1 saturated carbocycles. The fourth-order valence-electron chi connectivity index (χ4n) is 3.88. The largest absolute Gasteiger partial charge is 0.367 e. The Morgan fingerprint density at radius 1 is 1.48 bits per heavy atom. The summed E-state index contributed by atoms with van der Waals surface area (Å²) < 4.78 is 1.99. The molecule has 0 aromatic carbocycles. The van der Waals surface area contributed by atoms with E-state index in [0.29, 0.717) is 18.0 Å². The average molecular weight is 313 g/mol. The topological polar surface area (TPSA) is 66.0 Å². The number of rotatable bonds is 4. The first-order valence-electron chi connectivity index (χ1n) is 8.30. The van der Waals surface area contributed by atoms with Gasteiger partial charge in [-0.3, -0.25) is 4.79 Å². The molecule has 122 valence electrons. The van der Waals surface area contributed by atoms with E-state index in [1.807, 2.05) is 28.8 Å². The fourth-order valence-corrected chi connectivity index (χ4v) is 3.88. The Hall–Kier alpha value is -2.08. The smallest absolute Gasteiger partial charge is 0.256 e. The van der Waals surface area contributed by atoms with Gasteiger partial charge in [0.2, 0.25) is 0 Å². The number of amides is 1. The van der Waals surface area contributed by atoms with E-state index in [-0.39, 0.29) is 5.91 Å². The van der Waals surface area contributed by atoms with Crippen LogP contribution in [-0.2, 0) is 13.6 Å². The molecule has 1 saturated heterocycles. The minimum Gasteiger partial charge on any atom is -0.367 e. The highest BCUT2D eigenvalue weighted by Gasteiger charge is 2.57. The van der Waals surface area contributed by atoms with Crippen LogP contribution in [0.4, 0.5) is 0 Å². The summed E-state index contributed by atoms with van der Waals surface area (Å²) in [6.07, 6.45) is 10.8. The molecule has 0 bridgehead atoms. The third kappa shape index (κ3) is 2.57. The van der Waals surface area contributed by atoms with Crippen LogP contribution in [0.1, 0.15) is 35.4 Å². The van der Waals surface area contributed by atoms with Gasteiger partial charge in [-0.05, 0) is 43.8 Å². The predicted octanol–water partition coefficient (Wildman–Crippen LogP) is 1.53. The lowest BCUT2D eigenvalue weighted by atomic mass is 9.93. The van der Waals surface area contributed by atoms with Crippen molar-refractivity contribution < 1.29 is 4.79 Å². The summed E-state index contributed by atoms with van der Waals surface area (Å²) in [6, 6.07) is 2.19. The van der Waals surface area contributed by atoms with Crippen molar-refractivity contribution in [2.75, 3.05) is 13.1 Å². The van der Waals surface area contributed by atoms with E-state index < -0.39 is 0 Å². The molecule has 1 spiro atoms. The molecule has 1 aliphatic carbocycles. The Balaban J connectivity index is 1.59. The molecule has 2 aromatic rings. The number of hydrogen-bond acceptors (Lipinski definition) is 3. The lowest BCUT2D eigenvalue weighted by Crippen LogP contribution is -2.39. The second kappa shape index (κ2) is 5.53. The Morgan fingerprint density at radius 3 is 2.96 bits per heavy atom. The number of aryl methyl sites for hydroxylation is 1. The minimum atomic E-state index is 0.106. The minimum absolute atomic E-state index is 0.106. The molecule has 1 amide bonds. The van der Waals surface area contributed by atoms with Gasteiger partial charge in [0.15, 0.2) is 0 Å². The van der Waals surface area contributed by atoms with Gasteiger partial charge in [-0.25, -0.2) is 4.98 Å². The number of piperidine rings is 1. The van der Waals surface area contributed by atoms with Crippen LogP contribution in [0.2, 0.25) is 0 Å². The van der Waals surface area contributed by atoms with Crippen LogP contribution in [0.25, 0.3) is 0 Å². The summed E-state index contributed by atoms with van der Waals surface area (Å²) in [4.78, 5) is 22.4. The van der Waals surface area contributed by atoms with Gasteiger partial charge in [0, 0.05) is 37.9 Å². The van der Waals surface area contributed by atoms with Crippen molar-refractivity contribution in [3.63, 3.8) is 0 Å². The summed E-state index contributed by atoms with van der Waals surface area (Å²) in [6.45, 7) is 2.70. The van der Waals surface area contributed by atoms with Gasteiger partial charge < -0.3 is 19.8 Å². The number of nitrogens with zero attached hydrogens (tertiary/aromatic N) is 3. The lowest BCUT2D eigenvalue weighted by molar-refractivity contribution is 0.0685. The third-order valence-corrected chi connectivity index (χ3v) is 5.46. The van der Waals surface area contributed by atoms with Crippen molar-refractivity contribution >= 4 is 5.91 Å². The predicted molar refractivity (Wildman–Crippen MR) is 86.8 cm³/mol. The molecule has 2 N–H and O–H groups in total. The highest BCUT2D eigenvalue weighted by molar-refractivity contribution is 5.94. The van der Waals surface area contributed by atoms with Gasteiger partial charge in [-0.2, -0.15) is 0 Å². The molecule has 1 aliphatic heterocycles. The molecule has 23 heavy (non-hydrogen) atoms. The molecule has 0 radical (unpaired) electrons. The summed E-state index contributed by atoms with van der Waals surface area (Å²) in [5.41, 5.74) is 1.05. The molecule has 1 atom stereocenters. The van der Waals surface area contributed by atoms with E-state index in [9.17, 15) is 4.79 Å². The Morgan fingerprint density at radius 2 is 2.30 bits per heavy atom. The van der Waals surface area contributed by atoms with Gasteiger partial charge in [-0.15, -0.1) is 0 Å². The number of carbonyl (C=O) groups excluding carboxylic acids is 1. The fraction of sp³-hybridized carbons (Fsp3) is 0.529. The van der Waals surface area contributed by atoms with Gasteiger partial charge >= 0.3 is 0 Å². The van der Waals surface area contributed by atoms with E-state index in [1.54, 1.807) is 18.6 Å². The van der Waals surface area contributed by atoms with E-state index in [1.165, 1.54) is 0 Å². The quantitative estimate of drug-likeness (QED) is 0.900. The standard InChI is InChI=1S/C17H23N5O/c1-21-9-8-20-15(21)12-22(16(23)13-2-5-19-11-13)14-10-17(14)3-6-18-7-4-17/h2,5,8-9,11,14,18-19H,3-4,6-7,10,12H2,1H3. The number of carbonyl (C=O) groups is 1. The van der Waals surface area contributed by atoms with Gasteiger partial charge in [0.1, 0.15) is 5.82 Å². The highest BCUT2D eigenvalue weighted by atomic mass is 16.2. The van der Waals surface area contributed by atoms with Crippen LogP contribution < -0.4 is 5.32 Å². The molecule has 6 heteroatoms. The molecule has 2 fully saturated rings. The molecule has 6 nitrogen and oxygen atoms in total. The molecule has 2 aliphatic rings. The van der Waals surface area contributed by atoms with Crippen LogP contribution in [0.15, 0.2) is 30.9 Å². The first-order valence-corrected chi connectivity index (χ1v) is 8.30. The van der Waals surface area contributed by atoms with Crippen molar-refractivity contribution in [2.24, 2.45) is 12.5 Å². The monoisotopic (exact) mass is 313 g/mol. The zero-order valence-corrected chi connectivity index (χ0v) is 13.5. The number of aromatic nitrogens is 3. The Kier molecular flexibility index (Phi) is 3.49. The van der Waals surface area contributed by atoms with E-state index >= 15 is 0 Å². The SMILES string of the molecule is Cn1ccnc1CN(C(=O)c1cc[nH]c1)C1CC12CCNCC2. The van der Waals surface area contributed by atoms with Crippen LogP contribution >= 0.6 is 0 Å². The highest BCUT2D eigenvalue weighted by Crippen LogP contribution is 2.56. The molecule has 3 heterocycles. The maximum absolute atomic E-state index is 13.0. The van der Waals surface area contributed by atoms with Crippen LogP contribution in [0, 0.1) is 5.41 Å². The number of nitrogens with one attached hydrogen (secondary N) is 2. The lowest BCUT2D eigenvalue weighted by Gasteiger charge is -2.29. The summed E-state index contributed by atoms with van der Waals surface area (Å²) >= 11 is 0. The van der Waals surface area contributed by atoms with E-state index in [2.05, 4.69) is 15.3 Å². The van der Waals surface area contributed by atoms with Gasteiger partial charge in [0.05, 0.1) is 12.1 Å². The number of hydrogen-bond donors (Lipinski definition) is 2. The van der Waals surface area contributed by atoms with Crippen molar-refractivity contribution in [1.29, 1.82) is 0 Å². The van der Waals surface area contributed by atoms with E-state index in [0.717, 1.165) is 43.7 Å². The first-order chi connectivity index (χ1) is 11.2. The van der Waals surface area contributed by atoms with Gasteiger partial charge in [-0.1, -0.05) is 0 Å². The second-order valence-electron chi connectivity index (χ2n) is 6.82. The average Bonchev–Trinajstić information content (AvgIpc) is 2.98. The van der Waals surface area contributed by atoms with Crippen molar-refractivity contribution in [2.45, 2.75) is 31.8 Å². The normalized spacial score (nSPS) is 22.2. The van der Waals surface area contributed by atoms with Crippen LogP contribution in [0.5, 0.6) is 0 Å². The van der Waals surface area contributed by atoms with Gasteiger partial charge in [0.25, 0.3) is 5.91 Å². The van der Waals surface area contributed by atoms with Crippen LogP contribution in [0.3, 0.4) is 0 Å². The second-order valence-corrected chi connectivity index (χ2v) is 6.82. The maximum atomic E-state index is 13.0.